The van der Waals surface area contributed by atoms with E-state index in [0.717, 1.165) is 28.5 Å². The summed E-state index contributed by atoms with van der Waals surface area (Å²) in [6.45, 7) is 7.63. The third-order valence-corrected chi connectivity index (χ3v) is 6.04. The molecular formula is C28H32. The molecule has 0 aromatic heterocycles. The van der Waals surface area contributed by atoms with Crippen LogP contribution in [0.1, 0.15) is 67.2 Å². The molecule has 2 aromatic rings. The third kappa shape index (κ3) is 6.28. The van der Waals surface area contributed by atoms with E-state index in [2.05, 4.69) is 55.3 Å². The smallest absolute Gasteiger partial charge is 0.0249 e. The maximum Gasteiger partial charge on any atom is 0.0249 e. The maximum atomic E-state index is 3.85. The van der Waals surface area contributed by atoms with Gasteiger partial charge in [0.2, 0.25) is 0 Å². The molecule has 0 N–H and O–H groups in total. The summed E-state index contributed by atoms with van der Waals surface area (Å²) >= 11 is 0. The zero-order valence-corrected chi connectivity index (χ0v) is 17.0. The van der Waals surface area contributed by atoms with Crippen LogP contribution in [-0.4, -0.2) is 0 Å². The molecule has 0 aliphatic heterocycles. The second-order valence-corrected chi connectivity index (χ2v) is 8.06. The third-order valence-electron chi connectivity index (χ3n) is 6.04. The summed E-state index contributed by atoms with van der Waals surface area (Å²) in [6, 6.07) is 17.0. The first-order valence-corrected chi connectivity index (χ1v) is 10.7. The molecule has 0 atom stereocenters. The number of rotatable bonds is 7. The van der Waals surface area contributed by atoms with Crippen LogP contribution in [0.15, 0.2) is 67.8 Å². The van der Waals surface area contributed by atoms with Crippen LogP contribution in [0.5, 0.6) is 0 Å². The number of benzene rings is 2. The fraction of sp³-hybridized carbons (Fsp3) is 0.357. The van der Waals surface area contributed by atoms with E-state index >= 15 is 0 Å². The van der Waals surface area contributed by atoms with E-state index in [4.69, 9.17) is 0 Å². The van der Waals surface area contributed by atoms with Crippen molar-refractivity contribution in [2.75, 3.05) is 0 Å². The molecule has 1 aliphatic rings. The van der Waals surface area contributed by atoms with Gasteiger partial charge in [0, 0.05) is 11.1 Å². The maximum absolute atomic E-state index is 3.85. The summed E-state index contributed by atoms with van der Waals surface area (Å²) in [4.78, 5) is 0. The van der Waals surface area contributed by atoms with Crippen molar-refractivity contribution in [2.45, 2.75) is 51.4 Å². The van der Waals surface area contributed by atoms with Crippen LogP contribution in [0, 0.1) is 23.7 Å². The minimum atomic E-state index is 0.915. The van der Waals surface area contributed by atoms with Crippen molar-refractivity contribution in [3.8, 4) is 11.8 Å². The lowest BCUT2D eigenvalue weighted by Crippen LogP contribution is -2.15. The van der Waals surface area contributed by atoms with E-state index in [-0.39, 0.29) is 0 Å². The Labute approximate surface area is 171 Å². The fourth-order valence-electron chi connectivity index (χ4n) is 4.13. The number of hydrogen-bond acceptors (Lipinski definition) is 0. The topological polar surface area (TPSA) is 0 Å². The van der Waals surface area contributed by atoms with Crippen molar-refractivity contribution < 1.29 is 0 Å². The molecule has 0 bridgehead atoms. The van der Waals surface area contributed by atoms with E-state index in [1.807, 2.05) is 30.3 Å². The van der Waals surface area contributed by atoms with Crippen LogP contribution in [0.4, 0.5) is 0 Å². The van der Waals surface area contributed by atoms with Gasteiger partial charge in [-0.2, -0.15) is 0 Å². The normalized spacial score (nSPS) is 18.7. The second kappa shape index (κ2) is 10.7. The minimum absolute atomic E-state index is 0.915. The molecule has 1 fully saturated rings. The van der Waals surface area contributed by atoms with Crippen molar-refractivity contribution in [3.63, 3.8) is 0 Å². The lowest BCUT2D eigenvalue weighted by Gasteiger charge is -2.28. The SMILES string of the molecule is C=CCCC1CCC(CCc2ccc(C#Cc3ccc(C=C)cc3)cc2)CC1. The van der Waals surface area contributed by atoms with Crippen molar-refractivity contribution >= 4 is 6.08 Å². The van der Waals surface area contributed by atoms with Crippen molar-refractivity contribution in [1.29, 1.82) is 0 Å². The van der Waals surface area contributed by atoms with E-state index in [0.29, 0.717) is 0 Å². The number of allylic oxidation sites excluding steroid dienone is 1. The van der Waals surface area contributed by atoms with Gasteiger partial charge in [0.15, 0.2) is 0 Å². The highest BCUT2D eigenvalue weighted by Crippen LogP contribution is 2.33. The lowest BCUT2D eigenvalue weighted by atomic mass is 9.78. The number of aryl methyl sites for hydroxylation is 1. The van der Waals surface area contributed by atoms with Crippen LogP contribution in [0.3, 0.4) is 0 Å². The Bertz CT molecular complexity index is 803. The van der Waals surface area contributed by atoms with E-state index in [1.54, 1.807) is 0 Å². The summed E-state index contributed by atoms with van der Waals surface area (Å²) in [6.07, 6.45) is 14.6. The van der Waals surface area contributed by atoms with Crippen molar-refractivity contribution in [2.24, 2.45) is 11.8 Å². The molecule has 1 aliphatic carbocycles. The van der Waals surface area contributed by atoms with Crippen LogP contribution >= 0.6 is 0 Å². The molecule has 3 rings (SSSR count). The van der Waals surface area contributed by atoms with Gasteiger partial charge in [-0.05, 0) is 72.9 Å². The molecule has 1 saturated carbocycles. The molecule has 0 unspecified atom stereocenters. The average molecular weight is 369 g/mol. The monoisotopic (exact) mass is 368 g/mol. The first kappa shape index (κ1) is 20.2. The van der Waals surface area contributed by atoms with Gasteiger partial charge in [-0.3, -0.25) is 0 Å². The van der Waals surface area contributed by atoms with Crippen LogP contribution < -0.4 is 0 Å². The highest BCUT2D eigenvalue weighted by atomic mass is 14.3. The molecule has 0 heteroatoms. The molecule has 0 radical (unpaired) electrons. The van der Waals surface area contributed by atoms with Crippen molar-refractivity contribution in [3.05, 3.63) is 90.0 Å². The predicted octanol–water partition coefficient (Wildman–Crippen LogP) is 7.43. The second-order valence-electron chi connectivity index (χ2n) is 8.06. The average Bonchev–Trinajstić information content (AvgIpc) is 2.76. The summed E-state index contributed by atoms with van der Waals surface area (Å²) in [5.74, 6) is 8.37. The van der Waals surface area contributed by atoms with E-state index in [9.17, 15) is 0 Å². The quantitative estimate of drug-likeness (QED) is 0.352. The highest BCUT2D eigenvalue weighted by Gasteiger charge is 2.20. The van der Waals surface area contributed by atoms with Crippen LogP contribution in [0.2, 0.25) is 0 Å². The molecule has 0 spiro atoms. The van der Waals surface area contributed by atoms with E-state index < -0.39 is 0 Å². The molecule has 0 amide bonds. The standard InChI is InChI=1S/C28H32/c1-3-5-6-24-11-13-26(14-12-24)17-18-28-21-19-27(20-22-28)16-15-25-9-7-23(4-2)8-10-25/h3-4,7-10,19-22,24,26H,1-2,5-6,11-14,17-18H2. The first-order valence-electron chi connectivity index (χ1n) is 10.7. The Hall–Kier alpha value is -2.52. The molecule has 0 saturated heterocycles. The van der Waals surface area contributed by atoms with E-state index in [1.165, 1.54) is 56.9 Å². The van der Waals surface area contributed by atoms with Gasteiger partial charge in [-0.15, -0.1) is 6.58 Å². The molecule has 2 aromatic carbocycles. The Kier molecular flexibility index (Phi) is 7.74. The number of hydrogen-bond donors (Lipinski definition) is 0. The van der Waals surface area contributed by atoms with Gasteiger partial charge in [0.05, 0.1) is 0 Å². The molecule has 0 heterocycles. The Morgan fingerprint density at radius 3 is 1.82 bits per heavy atom. The van der Waals surface area contributed by atoms with Gasteiger partial charge < -0.3 is 0 Å². The fourth-order valence-corrected chi connectivity index (χ4v) is 4.13. The van der Waals surface area contributed by atoms with Gasteiger partial charge in [-0.1, -0.05) is 80.5 Å². The highest BCUT2D eigenvalue weighted by molar-refractivity contribution is 5.50. The first-order chi connectivity index (χ1) is 13.8. The zero-order chi connectivity index (χ0) is 19.6. The molecule has 0 nitrogen and oxygen atoms in total. The summed E-state index contributed by atoms with van der Waals surface area (Å²) in [5, 5.41) is 0. The lowest BCUT2D eigenvalue weighted by molar-refractivity contribution is 0.254. The van der Waals surface area contributed by atoms with Crippen LogP contribution in [0.25, 0.3) is 6.08 Å². The largest absolute Gasteiger partial charge is 0.103 e. The molecular weight excluding hydrogens is 336 g/mol. The van der Waals surface area contributed by atoms with Crippen LogP contribution in [-0.2, 0) is 6.42 Å². The van der Waals surface area contributed by atoms with Gasteiger partial charge in [0.1, 0.15) is 0 Å². The Morgan fingerprint density at radius 1 is 0.750 bits per heavy atom. The van der Waals surface area contributed by atoms with Gasteiger partial charge in [-0.25, -0.2) is 0 Å². The molecule has 28 heavy (non-hydrogen) atoms. The predicted molar refractivity (Wildman–Crippen MR) is 122 cm³/mol. The minimum Gasteiger partial charge on any atom is -0.103 e. The van der Waals surface area contributed by atoms with Gasteiger partial charge in [0.25, 0.3) is 0 Å². The van der Waals surface area contributed by atoms with Gasteiger partial charge >= 0.3 is 0 Å². The Morgan fingerprint density at radius 2 is 1.29 bits per heavy atom. The summed E-state index contributed by atoms with van der Waals surface area (Å²) < 4.78 is 0. The zero-order valence-electron chi connectivity index (χ0n) is 17.0. The summed E-state index contributed by atoms with van der Waals surface area (Å²) in [5.41, 5.74) is 4.69. The Balaban J connectivity index is 1.45. The van der Waals surface area contributed by atoms with Crippen molar-refractivity contribution in [1.82, 2.24) is 0 Å². The molecule has 144 valence electrons. The summed E-state index contributed by atoms with van der Waals surface area (Å²) in [7, 11) is 0.